The molecule has 0 unspecified atom stereocenters. The van der Waals surface area contributed by atoms with Crippen LogP contribution in [0.4, 0.5) is 0 Å². The normalized spacial score (nSPS) is 10.5. The molecular formula is C12H15N3O2. The fourth-order valence-electron chi connectivity index (χ4n) is 1.84. The first kappa shape index (κ1) is 11.6. The average molecular weight is 233 g/mol. The summed E-state index contributed by atoms with van der Waals surface area (Å²) >= 11 is 0. The Bertz CT molecular complexity index is 495. The molecule has 0 spiro atoms. The van der Waals surface area contributed by atoms with Crippen molar-refractivity contribution < 1.29 is 9.47 Å². The van der Waals surface area contributed by atoms with Gasteiger partial charge in [0.15, 0.2) is 0 Å². The molecule has 17 heavy (non-hydrogen) atoms. The summed E-state index contributed by atoms with van der Waals surface area (Å²) < 4.78 is 10.6. The number of pyridine rings is 1. The zero-order valence-corrected chi connectivity index (χ0v) is 10.2. The second kappa shape index (κ2) is 4.97. The lowest BCUT2D eigenvalue weighted by Gasteiger charge is -2.13. The number of nitrogens with zero attached hydrogens (tertiary/aromatic N) is 2. The number of aromatic nitrogens is 3. The van der Waals surface area contributed by atoms with E-state index in [0.29, 0.717) is 6.61 Å². The summed E-state index contributed by atoms with van der Waals surface area (Å²) in [6.07, 6.45) is 5.40. The molecule has 2 rings (SSSR count). The van der Waals surface area contributed by atoms with Gasteiger partial charge in [-0.25, -0.2) is 0 Å². The van der Waals surface area contributed by atoms with E-state index in [-0.39, 0.29) is 0 Å². The molecule has 0 saturated heterocycles. The molecule has 0 aliphatic rings. The van der Waals surface area contributed by atoms with Gasteiger partial charge < -0.3 is 9.47 Å². The Morgan fingerprint density at radius 2 is 2.12 bits per heavy atom. The van der Waals surface area contributed by atoms with Gasteiger partial charge in [0.1, 0.15) is 5.75 Å². The molecule has 0 saturated carbocycles. The van der Waals surface area contributed by atoms with E-state index in [1.807, 2.05) is 19.3 Å². The molecule has 0 amide bonds. The van der Waals surface area contributed by atoms with Crippen LogP contribution in [-0.2, 0) is 11.3 Å². The fourth-order valence-corrected chi connectivity index (χ4v) is 1.84. The molecule has 0 bridgehead atoms. The maximum Gasteiger partial charge on any atom is 0.148 e. The van der Waals surface area contributed by atoms with Crippen molar-refractivity contribution in [3.05, 3.63) is 29.8 Å². The number of rotatable bonds is 4. The average Bonchev–Trinajstić information content (AvgIpc) is 2.84. The lowest BCUT2D eigenvalue weighted by molar-refractivity contribution is 0.184. The minimum Gasteiger partial charge on any atom is -0.494 e. The predicted molar refractivity (Wildman–Crippen MR) is 63.8 cm³/mol. The van der Waals surface area contributed by atoms with Crippen molar-refractivity contribution in [2.75, 3.05) is 14.2 Å². The Morgan fingerprint density at radius 3 is 2.71 bits per heavy atom. The topological polar surface area (TPSA) is 60.0 Å². The van der Waals surface area contributed by atoms with Crippen LogP contribution in [0.1, 0.15) is 11.3 Å². The summed E-state index contributed by atoms with van der Waals surface area (Å²) in [5.41, 5.74) is 3.79. The third-order valence-electron chi connectivity index (χ3n) is 2.58. The molecule has 0 aliphatic carbocycles. The van der Waals surface area contributed by atoms with Gasteiger partial charge in [-0.05, 0) is 6.92 Å². The lowest BCUT2D eigenvalue weighted by atomic mass is 10.0. The van der Waals surface area contributed by atoms with Crippen molar-refractivity contribution in [3.63, 3.8) is 0 Å². The maximum atomic E-state index is 5.43. The highest BCUT2D eigenvalue weighted by Gasteiger charge is 2.15. The Kier molecular flexibility index (Phi) is 3.39. The van der Waals surface area contributed by atoms with Gasteiger partial charge in [-0.3, -0.25) is 10.1 Å². The zero-order valence-electron chi connectivity index (χ0n) is 10.2. The van der Waals surface area contributed by atoms with E-state index in [4.69, 9.17) is 9.47 Å². The highest BCUT2D eigenvalue weighted by molar-refractivity contribution is 5.73. The summed E-state index contributed by atoms with van der Waals surface area (Å²) in [7, 11) is 3.30. The third kappa shape index (κ3) is 2.14. The van der Waals surface area contributed by atoms with Crippen molar-refractivity contribution >= 4 is 0 Å². The number of ether oxygens (including phenoxy) is 2. The van der Waals surface area contributed by atoms with E-state index in [2.05, 4.69) is 15.2 Å². The second-order valence-electron chi connectivity index (χ2n) is 3.70. The van der Waals surface area contributed by atoms with Crippen molar-refractivity contribution in [2.45, 2.75) is 13.5 Å². The molecule has 0 radical (unpaired) electrons. The first-order valence-electron chi connectivity index (χ1n) is 5.28. The van der Waals surface area contributed by atoms with Gasteiger partial charge in [-0.15, -0.1) is 0 Å². The van der Waals surface area contributed by atoms with Gasteiger partial charge >= 0.3 is 0 Å². The zero-order chi connectivity index (χ0) is 12.3. The highest BCUT2D eigenvalue weighted by atomic mass is 16.5. The Labute approximate surface area is 99.8 Å². The number of H-pyrrole nitrogens is 1. The van der Waals surface area contributed by atoms with E-state index in [1.165, 1.54) is 0 Å². The van der Waals surface area contributed by atoms with E-state index in [1.54, 1.807) is 20.4 Å². The molecule has 2 heterocycles. The van der Waals surface area contributed by atoms with E-state index < -0.39 is 0 Å². The smallest absolute Gasteiger partial charge is 0.148 e. The van der Waals surface area contributed by atoms with Crippen LogP contribution in [0, 0.1) is 6.92 Å². The van der Waals surface area contributed by atoms with Gasteiger partial charge in [-0.2, -0.15) is 5.10 Å². The fraction of sp³-hybridized carbons (Fsp3) is 0.333. The van der Waals surface area contributed by atoms with Crippen molar-refractivity contribution in [1.82, 2.24) is 15.2 Å². The number of hydrogen-bond acceptors (Lipinski definition) is 4. The summed E-state index contributed by atoms with van der Waals surface area (Å²) in [6, 6.07) is 0. The Morgan fingerprint density at radius 1 is 1.29 bits per heavy atom. The standard InChI is InChI=1S/C12H15N3O2/c1-8-12(17-3)11(9-5-14-15-6-9)10(4-13-8)7-16-2/h4-6H,7H2,1-3H3,(H,14,15). The maximum absolute atomic E-state index is 5.43. The molecule has 5 heteroatoms. The van der Waals surface area contributed by atoms with E-state index in [0.717, 1.165) is 28.1 Å². The first-order chi connectivity index (χ1) is 8.27. The minimum atomic E-state index is 0.490. The van der Waals surface area contributed by atoms with Gasteiger partial charge in [0, 0.05) is 36.2 Å². The Hall–Kier alpha value is -1.88. The van der Waals surface area contributed by atoms with Crippen molar-refractivity contribution in [3.8, 4) is 16.9 Å². The van der Waals surface area contributed by atoms with E-state index >= 15 is 0 Å². The number of aryl methyl sites for hydroxylation is 1. The van der Waals surface area contributed by atoms with Gasteiger partial charge in [0.2, 0.25) is 0 Å². The van der Waals surface area contributed by atoms with Gasteiger partial charge in [0.05, 0.1) is 25.6 Å². The summed E-state index contributed by atoms with van der Waals surface area (Å²) in [5.74, 6) is 0.765. The number of aromatic amines is 1. The summed E-state index contributed by atoms with van der Waals surface area (Å²) in [6.45, 7) is 2.41. The van der Waals surface area contributed by atoms with Crippen LogP contribution in [0.25, 0.3) is 11.1 Å². The number of methoxy groups -OCH3 is 2. The van der Waals surface area contributed by atoms with Crippen LogP contribution >= 0.6 is 0 Å². The van der Waals surface area contributed by atoms with Crippen LogP contribution in [0.15, 0.2) is 18.6 Å². The molecule has 2 aromatic rings. The van der Waals surface area contributed by atoms with E-state index in [9.17, 15) is 0 Å². The largest absolute Gasteiger partial charge is 0.494 e. The molecular weight excluding hydrogens is 218 g/mol. The van der Waals surface area contributed by atoms with Gasteiger partial charge in [-0.1, -0.05) is 0 Å². The molecule has 2 aromatic heterocycles. The quantitative estimate of drug-likeness (QED) is 0.876. The first-order valence-corrected chi connectivity index (χ1v) is 5.28. The Balaban J connectivity index is 2.62. The van der Waals surface area contributed by atoms with Crippen molar-refractivity contribution in [1.29, 1.82) is 0 Å². The molecule has 0 atom stereocenters. The number of hydrogen-bond donors (Lipinski definition) is 1. The van der Waals surface area contributed by atoms with Crippen molar-refractivity contribution in [2.24, 2.45) is 0 Å². The minimum absolute atomic E-state index is 0.490. The monoisotopic (exact) mass is 233 g/mol. The summed E-state index contributed by atoms with van der Waals surface area (Å²) in [4.78, 5) is 4.30. The van der Waals surface area contributed by atoms with Gasteiger partial charge in [0.25, 0.3) is 0 Å². The highest BCUT2D eigenvalue weighted by Crippen LogP contribution is 2.34. The molecule has 90 valence electrons. The SMILES string of the molecule is COCc1cnc(C)c(OC)c1-c1cn[nH]c1. The third-order valence-corrected chi connectivity index (χ3v) is 2.58. The van der Waals surface area contributed by atoms with Crippen LogP contribution in [0.5, 0.6) is 5.75 Å². The van der Waals surface area contributed by atoms with Crippen LogP contribution in [0.2, 0.25) is 0 Å². The van der Waals surface area contributed by atoms with Crippen LogP contribution in [0.3, 0.4) is 0 Å². The predicted octanol–water partition coefficient (Wildman–Crippen LogP) is 1.94. The van der Waals surface area contributed by atoms with Crippen LogP contribution < -0.4 is 4.74 Å². The summed E-state index contributed by atoms with van der Waals surface area (Å²) in [5, 5.41) is 6.76. The molecule has 0 aliphatic heterocycles. The second-order valence-corrected chi connectivity index (χ2v) is 3.70. The molecule has 0 fully saturated rings. The molecule has 5 nitrogen and oxygen atoms in total. The molecule has 1 N–H and O–H groups in total. The molecule has 0 aromatic carbocycles. The van der Waals surface area contributed by atoms with Crippen LogP contribution in [-0.4, -0.2) is 29.4 Å². The lowest BCUT2D eigenvalue weighted by Crippen LogP contribution is -2.00. The number of nitrogens with one attached hydrogen (secondary N) is 1.